The molecule has 1 unspecified atom stereocenters. The Hall–Kier alpha value is -1.16. The molecule has 1 rings (SSSR count). The van der Waals surface area contributed by atoms with Crippen molar-refractivity contribution in [1.29, 1.82) is 0 Å². The second kappa shape index (κ2) is 4.01. The van der Waals surface area contributed by atoms with Crippen LogP contribution in [0.3, 0.4) is 0 Å². The van der Waals surface area contributed by atoms with Crippen molar-refractivity contribution in [3.05, 3.63) is 24.0 Å². The zero-order chi connectivity index (χ0) is 8.97. The van der Waals surface area contributed by atoms with Gasteiger partial charge in [0.2, 0.25) is 0 Å². The Morgan fingerprint density at radius 3 is 3.00 bits per heavy atom. The standard InChI is InChI=1S/C8H11FN2O/c1-12-7-2-6(4-11-5-7)8(9)3-10/h2,4-5,8H,3,10H2,1H3. The Morgan fingerprint density at radius 2 is 2.42 bits per heavy atom. The van der Waals surface area contributed by atoms with E-state index in [0.29, 0.717) is 11.3 Å². The third-order valence-electron chi connectivity index (χ3n) is 1.54. The fourth-order valence-electron chi connectivity index (χ4n) is 0.855. The first kappa shape index (κ1) is 8.93. The highest BCUT2D eigenvalue weighted by molar-refractivity contribution is 5.25. The van der Waals surface area contributed by atoms with E-state index in [9.17, 15) is 4.39 Å². The van der Waals surface area contributed by atoms with Crippen LogP contribution in [-0.4, -0.2) is 18.6 Å². The Labute approximate surface area is 70.4 Å². The number of nitrogens with two attached hydrogens (primary N) is 1. The molecule has 0 aliphatic heterocycles. The molecule has 0 fully saturated rings. The van der Waals surface area contributed by atoms with Gasteiger partial charge in [-0.1, -0.05) is 0 Å². The largest absolute Gasteiger partial charge is 0.495 e. The number of rotatable bonds is 3. The van der Waals surface area contributed by atoms with Gasteiger partial charge in [0.05, 0.1) is 13.3 Å². The molecule has 0 amide bonds. The van der Waals surface area contributed by atoms with Crippen molar-refractivity contribution in [1.82, 2.24) is 4.98 Å². The third-order valence-corrected chi connectivity index (χ3v) is 1.54. The molecule has 0 aliphatic rings. The molecular weight excluding hydrogens is 159 g/mol. The van der Waals surface area contributed by atoms with Crippen LogP contribution < -0.4 is 10.5 Å². The highest BCUT2D eigenvalue weighted by Gasteiger charge is 2.07. The van der Waals surface area contributed by atoms with Gasteiger partial charge < -0.3 is 10.5 Å². The van der Waals surface area contributed by atoms with Crippen LogP contribution in [0.1, 0.15) is 11.7 Å². The molecule has 3 nitrogen and oxygen atoms in total. The van der Waals surface area contributed by atoms with E-state index in [1.807, 2.05) is 0 Å². The van der Waals surface area contributed by atoms with E-state index in [-0.39, 0.29) is 6.54 Å². The molecular formula is C8H11FN2O. The topological polar surface area (TPSA) is 48.1 Å². The Morgan fingerprint density at radius 1 is 1.67 bits per heavy atom. The van der Waals surface area contributed by atoms with Crippen LogP contribution in [0.4, 0.5) is 4.39 Å². The van der Waals surface area contributed by atoms with Crippen LogP contribution in [0.5, 0.6) is 5.75 Å². The predicted molar refractivity (Wildman–Crippen MR) is 43.7 cm³/mol. The predicted octanol–water partition coefficient (Wildman–Crippen LogP) is 1.06. The summed E-state index contributed by atoms with van der Waals surface area (Å²) in [5.74, 6) is 0.545. The molecule has 0 aliphatic carbocycles. The number of ether oxygens (including phenoxy) is 1. The molecule has 2 N–H and O–H groups in total. The van der Waals surface area contributed by atoms with Crippen molar-refractivity contribution in [2.45, 2.75) is 6.17 Å². The fourth-order valence-corrected chi connectivity index (χ4v) is 0.855. The molecule has 1 aromatic heterocycles. The van der Waals surface area contributed by atoms with Gasteiger partial charge in [-0.3, -0.25) is 4.98 Å². The maximum atomic E-state index is 13.0. The molecule has 1 aromatic rings. The molecule has 0 spiro atoms. The summed E-state index contributed by atoms with van der Waals surface area (Å²) in [6.07, 6.45) is 1.81. The number of halogens is 1. The summed E-state index contributed by atoms with van der Waals surface area (Å²) in [4.78, 5) is 3.80. The van der Waals surface area contributed by atoms with Crippen molar-refractivity contribution >= 4 is 0 Å². The van der Waals surface area contributed by atoms with E-state index in [4.69, 9.17) is 10.5 Å². The Balaban J connectivity index is 2.86. The molecule has 66 valence electrons. The first-order valence-corrected chi connectivity index (χ1v) is 3.61. The molecule has 0 radical (unpaired) electrons. The number of hydrogen-bond acceptors (Lipinski definition) is 3. The normalized spacial score (nSPS) is 12.6. The van der Waals surface area contributed by atoms with E-state index in [0.717, 1.165) is 0 Å². The third kappa shape index (κ3) is 1.92. The smallest absolute Gasteiger partial charge is 0.139 e. The van der Waals surface area contributed by atoms with E-state index >= 15 is 0 Å². The van der Waals surface area contributed by atoms with Gasteiger partial charge in [0.1, 0.15) is 11.9 Å². The number of nitrogens with zero attached hydrogens (tertiary/aromatic N) is 1. The molecule has 1 heterocycles. The lowest BCUT2D eigenvalue weighted by Gasteiger charge is -2.05. The second-order valence-corrected chi connectivity index (χ2v) is 2.36. The van der Waals surface area contributed by atoms with Crippen molar-refractivity contribution < 1.29 is 9.13 Å². The zero-order valence-corrected chi connectivity index (χ0v) is 6.83. The quantitative estimate of drug-likeness (QED) is 0.737. The summed E-state index contributed by atoms with van der Waals surface area (Å²) in [5, 5.41) is 0. The Bertz CT molecular complexity index is 255. The maximum absolute atomic E-state index is 13.0. The molecule has 1 atom stereocenters. The van der Waals surface area contributed by atoms with E-state index < -0.39 is 6.17 Å². The fraction of sp³-hybridized carbons (Fsp3) is 0.375. The van der Waals surface area contributed by atoms with Crippen molar-refractivity contribution in [3.63, 3.8) is 0 Å². The monoisotopic (exact) mass is 170 g/mol. The van der Waals surface area contributed by atoms with Crippen LogP contribution in [0, 0.1) is 0 Å². The number of aromatic nitrogens is 1. The summed E-state index contributed by atoms with van der Waals surface area (Å²) in [6, 6.07) is 1.59. The summed E-state index contributed by atoms with van der Waals surface area (Å²) >= 11 is 0. The highest BCUT2D eigenvalue weighted by atomic mass is 19.1. The Kier molecular flexibility index (Phi) is 2.99. The van der Waals surface area contributed by atoms with Gasteiger partial charge in [-0.25, -0.2) is 4.39 Å². The summed E-state index contributed by atoms with van der Waals surface area (Å²) < 4.78 is 17.8. The second-order valence-electron chi connectivity index (χ2n) is 2.36. The molecule has 12 heavy (non-hydrogen) atoms. The minimum absolute atomic E-state index is 0.0329. The number of alkyl halides is 1. The van der Waals surface area contributed by atoms with E-state index in [2.05, 4.69) is 4.98 Å². The highest BCUT2D eigenvalue weighted by Crippen LogP contribution is 2.19. The molecule has 0 saturated carbocycles. The van der Waals surface area contributed by atoms with Crippen molar-refractivity contribution in [2.75, 3.05) is 13.7 Å². The van der Waals surface area contributed by atoms with Crippen LogP contribution in [0.2, 0.25) is 0 Å². The lowest BCUT2D eigenvalue weighted by atomic mass is 10.2. The van der Waals surface area contributed by atoms with Gasteiger partial charge in [0.15, 0.2) is 0 Å². The maximum Gasteiger partial charge on any atom is 0.139 e. The van der Waals surface area contributed by atoms with E-state index in [1.165, 1.54) is 19.5 Å². The van der Waals surface area contributed by atoms with Gasteiger partial charge in [-0.15, -0.1) is 0 Å². The first-order valence-electron chi connectivity index (χ1n) is 3.61. The lowest BCUT2D eigenvalue weighted by Crippen LogP contribution is -2.07. The summed E-state index contributed by atoms with van der Waals surface area (Å²) in [5.41, 5.74) is 5.61. The molecule has 4 heteroatoms. The number of methoxy groups -OCH3 is 1. The molecule has 0 bridgehead atoms. The first-order chi connectivity index (χ1) is 5.77. The number of hydrogen-bond donors (Lipinski definition) is 1. The van der Waals surface area contributed by atoms with E-state index in [1.54, 1.807) is 6.07 Å². The molecule has 0 aromatic carbocycles. The van der Waals surface area contributed by atoms with Crippen molar-refractivity contribution in [2.24, 2.45) is 5.73 Å². The summed E-state index contributed by atoms with van der Waals surface area (Å²) in [6.45, 7) is -0.0329. The van der Waals surface area contributed by atoms with Crippen LogP contribution in [0.15, 0.2) is 18.5 Å². The zero-order valence-electron chi connectivity index (χ0n) is 6.83. The summed E-state index contributed by atoms with van der Waals surface area (Å²) in [7, 11) is 1.51. The van der Waals surface area contributed by atoms with Crippen LogP contribution in [-0.2, 0) is 0 Å². The average molecular weight is 170 g/mol. The van der Waals surface area contributed by atoms with Crippen molar-refractivity contribution in [3.8, 4) is 5.75 Å². The van der Waals surface area contributed by atoms with Gasteiger partial charge in [-0.05, 0) is 6.07 Å². The lowest BCUT2D eigenvalue weighted by molar-refractivity contribution is 0.348. The van der Waals surface area contributed by atoms with Gasteiger partial charge >= 0.3 is 0 Å². The average Bonchev–Trinajstić information content (AvgIpc) is 2.17. The van der Waals surface area contributed by atoms with Gasteiger partial charge in [0, 0.05) is 18.3 Å². The minimum atomic E-state index is -1.16. The number of pyridine rings is 1. The van der Waals surface area contributed by atoms with Crippen LogP contribution in [0.25, 0.3) is 0 Å². The van der Waals surface area contributed by atoms with Crippen LogP contribution >= 0.6 is 0 Å². The molecule has 0 saturated heterocycles. The van der Waals surface area contributed by atoms with Gasteiger partial charge in [0.25, 0.3) is 0 Å². The minimum Gasteiger partial charge on any atom is -0.495 e. The SMILES string of the molecule is COc1cncc(C(F)CN)c1. The van der Waals surface area contributed by atoms with Gasteiger partial charge in [-0.2, -0.15) is 0 Å².